The van der Waals surface area contributed by atoms with E-state index in [0.717, 1.165) is 24.3 Å². The van der Waals surface area contributed by atoms with Crippen LogP contribution in [0.1, 0.15) is 21.5 Å². The average Bonchev–Trinajstić information content (AvgIpc) is 2.76. The van der Waals surface area contributed by atoms with Gasteiger partial charge in [-0.25, -0.2) is 4.39 Å². The number of aromatic nitrogens is 1. The van der Waals surface area contributed by atoms with Crippen LogP contribution in [0, 0.1) is 5.82 Å². The van der Waals surface area contributed by atoms with Crippen molar-refractivity contribution in [1.29, 1.82) is 0 Å². The lowest BCUT2D eigenvalue weighted by atomic mass is 10.0. The lowest BCUT2D eigenvalue weighted by Crippen LogP contribution is -2.36. The molecule has 0 bridgehead atoms. The van der Waals surface area contributed by atoms with E-state index in [9.17, 15) is 31.1 Å². The van der Waals surface area contributed by atoms with Gasteiger partial charge in [-0.2, -0.15) is 22.0 Å². The van der Waals surface area contributed by atoms with E-state index in [-0.39, 0.29) is 5.56 Å². The van der Waals surface area contributed by atoms with Crippen molar-refractivity contribution in [2.24, 2.45) is 0 Å². The van der Waals surface area contributed by atoms with E-state index >= 15 is 0 Å². The molecule has 0 aliphatic carbocycles. The summed E-state index contributed by atoms with van der Waals surface area (Å²) in [6.45, 7) is -1.39. The van der Waals surface area contributed by atoms with Crippen LogP contribution in [-0.4, -0.2) is 24.5 Å². The van der Waals surface area contributed by atoms with Gasteiger partial charge in [0, 0.05) is 11.8 Å². The monoisotopic (exact) mass is 454 g/mol. The molecule has 0 saturated carbocycles. The molecule has 3 rings (SSSR count). The summed E-state index contributed by atoms with van der Waals surface area (Å²) in [5, 5.41) is 1.76. The van der Waals surface area contributed by atoms with Crippen molar-refractivity contribution in [3.63, 3.8) is 0 Å². The summed E-state index contributed by atoms with van der Waals surface area (Å²) in [5.74, 6) is -6.09. The highest BCUT2D eigenvalue weighted by molar-refractivity contribution is 5.95. The summed E-state index contributed by atoms with van der Waals surface area (Å²) in [4.78, 5) is 16.0. The van der Waals surface area contributed by atoms with Crippen LogP contribution >= 0.6 is 0 Å². The van der Waals surface area contributed by atoms with Gasteiger partial charge >= 0.3 is 6.18 Å². The number of ether oxygens (including phenoxy) is 1. The zero-order chi connectivity index (χ0) is 23.5. The molecule has 3 aromatic rings. The summed E-state index contributed by atoms with van der Waals surface area (Å²) >= 11 is 0. The molecular formula is C22H16F6N2O2. The fourth-order valence-corrected chi connectivity index (χ4v) is 2.99. The molecule has 0 aliphatic rings. The molecule has 4 nitrogen and oxygen atoms in total. The minimum Gasteiger partial charge on any atom is -0.495 e. The third kappa shape index (κ3) is 5.01. The summed E-state index contributed by atoms with van der Waals surface area (Å²) < 4.78 is 87.8. The topological polar surface area (TPSA) is 51.2 Å². The largest absolute Gasteiger partial charge is 0.495 e. The van der Waals surface area contributed by atoms with Crippen LogP contribution in [0.2, 0.25) is 0 Å². The highest BCUT2D eigenvalue weighted by atomic mass is 19.4. The number of nitrogens with zero attached hydrogens (tertiary/aromatic N) is 1. The Morgan fingerprint density at radius 1 is 0.969 bits per heavy atom. The van der Waals surface area contributed by atoms with Crippen LogP contribution in [0.25, 0.3) is 11.1 Å². The molecule has 1 heterocycles. The first-order chi connectivity index (χ1) is 15.0. The van der Waals surface area contributed by atoms with Crippen LogP contribution in [-0.2, 0) is 12.1 Å². The number of carbonyl (C=O) groups is 1. The minimum absolute atomic E-state index is 0.261. The summed E-state index contributed by atoms with van der Waals surface area (Å²) in [7, 11) is 1.41. The van der Waals surface area contributed by atoms with Crippen molar-refractivity contribution < 1.29 is 35.9 Å². The van der Waals surface area contributed by atoms with E-state index in [0.29, 0.717) is 17.4 Å². The summed E-state index contributed by atoms with van der Waals surface area (Å²) in [6.07, 6.45) is -2.03. The molecule has 0 saturated heterocycles. The van der Waals surface area contributed by atoms with E-state index in [1.807, 2.05) is 0 Å². The van der Waals surface area contributed by atoms with Gasteiger partial charge in [-0.3, -0.25) is 9.78 Å². The number of rotatable bonds is 6. The summed E-state index contributed by atoms with van der Waals surface area (Å²) in [5.41, 5.74) is -2.39. The maximum Gasteiger partial charge on any atom is 0.417 e. The van der Waals surface area contributed by atoms with Crippen LogP contribution in [0.3, 0.4) is 0 Å². The van der Waals surface area contributed by atoms with E-state index in [2.05, 4.69) is 4.98 Å². The normalized spacial score (nSPS) is 11.8. The first-order valence-electron chi connectivity index (χ1n) is 9.14. The van der Waals surface area contributed by atoms with Crippen molar-refractivity contribution >= 4 is 5.91 Å². The molecule has 32 heavy (non-hydrogen) atoms. The second-order valence-electron chi connectivity index (χ2n) is 6.74. The molecule has 1 N–H and O–H groups in total. The van der Waals surface area contributed by atoms with Crippen molar-refractivity contribution in [2.45, 2.75) is 12.1 Å². The molecule has 1 aromatic heterocycles. The van der Waals surface area contributed by atoms with Gasteiger partial charge in [-0.15, -0.1) is 0 Å². The maximum atomic E-state index is 14.6. The SMILES string of the molecule is COc1cncc(-c2ccc(C(F)(F)CNC(=O)c3ccccc3C(F)(F)F)c(F)c2)c1. The molecule has 0 aliphatic heterocycles. The second-order valence-corrected chi connectivity index (χ2v) is 6.74. The Balaban J connectivity index is 1.79. The maximum absolute atomic E-state index is 14.6. The second kappa shape index (κ2) is 8.89. The number of amides is 1. The number of methoxy groups -OCH3 is 1. The highest BCUT2D eigenvalue weighted by Crippen LogP contribution is 2.34. The van der Waals surface area contributed by atoms with Gasteiger partial charge in [0.15, 0.2) is 0 Å². The fourth-order valence-electron chi connectivity index (χ4n) is 2.99. The predicted octanol–water partition coefficient (Wildman–Crippen LogP) is 5.44. The number of hydrogen-bond donors (Lipinski definition) is 1. The number of benzene rings is 2. The number of carbonyl (C=O) groups excluding carboxylic acids is 1. The zero-order valence-electron chi connectivity index (χ0n) is 16.5. The number of hydrogen-bond acceptors (Lipinski definition) is 3. The lowest BCUT2D eigenvalue weighted by Gasteiger charge is -2.19. The smallest absolute Gasteiger partial charge is 0.417 e. The molecule has 0 fully saturated rings. The number of pyridine rings is 1. The van der Waals surface area contributed by atoms with E-state index in [4.69, 9.17) is 4.74 Å². The van der Waals surface area contributed by atoms with Gasteiger partial charge < -0.3 is 10.1 Å². The molecule has 0 atom stereocenters. The van der Waals surface area contributed by atoms with Crippen molar-refractivity contribution in [1.82, 2.24) is 10.3 Å². The third-order valence-corrected chi connectivity index (χ3v) is 4.59. The Bertz CT molecular complexity index is 1130. The molecule has 168 valence electrons. The van der Waals surface area contributed by atoms with Crippen molar-refractivity contribution in [3.05, 3.63) is 83.4 Å². The Morgan fingerprint density at radius 2 is 1.69 bits per heavy atom. The predicted molar refractivity (Wildman–Crippen MR) is 104 cm³/mol. The average molecular weight is 454 g/mol. The van der Waals surface area contributed by atoms with Crippen LogP contribution < -0.4 is 10.1 Å². The first-order valence-corrected chi connectivity index (χ1v) is 9.14. The van der Waals surface area contributed by atoms with Gasteiger partial charge in [0.2, 0.25) is 0 Å². The first kappa shape index (κ1) is 23.1. The molecule has 0 unspecified atom stereocenters. The zero-order valence-corrected chi connectivity index (χ0v) is 16.5. The van der Waals surface area contributed by atoms with E-state index in [1.54, 1.807) is 5.32 Å². The Kier molecular flexibility index (Phi) is 6.42. The molecular weight excluding hydrogens is 438 g/mol. The molecule has 0 radical (unpaired) electrons. The van der Waals surface area contributed by atoms with Crippen molar-refractivity contribution in [3.8, 4) is 16.9 Å². The molecule has 0 spiro atoms. The van der Waals surface area contributed by atoms with Gasteiger partial charge in [-0.05, 0) is 35.9 Å². The van der Waals surface area contributed by atoms with Crippen LogP contribution in [0.5, 0.6) is 5.75 Å². The van der Waals surface area contributed by atoms with Gasteiger partial charge in [0.25, 0.3) is 11.8 Å². The van der Waals surface area contributed by atoms with Crippen molar-refractivity contribution in [2.75, 3.05) is 13.7 Å². The van der Waals surface area contributed by atoms with E-state index < -0.39 is 47.1 Å². The summed E-state index contributed by atoms with van der Waals surface area (Å²) in [6, 6.07) is 8.28. The molecule has 10 heteroatoms. The number of nitrogens with one attached hydrogen (secondary N) is 1. The minimum atomic E-state index is -4.84. The van der Waals surface area contributed by atoms with Crippen LogP contribution in [0.4, 0.5) is 26.3 Å². The van der Waals surface area contributed by atoms with E-state index in [1.165, 1.54) is 37.7 Å². The van der Waals surface area contributed by atoms with Gasteiger partial charge in [0.05, 0.1) is 36.5 Å². The Hall–Kier alpha value is -3.56. The third-order valence-electron chi connectivity index (χ3n) is 4.59. The molecule has 1 amide bonds. The number of halogens is 6. The fraction of sp³-hybridized carbons (Fsp3) is 0.182. The molecule has 2 aromatic carbocycles. The number of alkyl halides is 5. The highest BCUT2D eigenvalue weighted by Gasteiger charge is 2.38. The Morgan fingerprint density at radius 3 is 2.34 bits per heavy atom. The lowest BCUT2D eigenvalue weighted by molar-refractivity contribution is -0.137. The van der Waals surface area contributed by atoms with Gasteiger partial charge in [0.1, 0.15) is 11.6 Å². The van der Waals surface area contributed by atoms with Crippen LogP contribution in [0.15, 0.2) is 60.9 Å². The standard InChI is InChI=1S/C22H16F6N2O2/c1-32-15-8-14(10-29-11-15)13-6-7-18(19(23)9-13)21(24,25)12-30-20(31)16-4-2-3-5-17(16)22(26,27)28/h2-11H,12H2,1H3,(H,30,31). The Labute approximate surface area is 178 Å². The quantitative estimate of drug-likeness (QED) is 0.505. The van der Waals surface area contributed by atoms with Gasteiger partial charge in [-0.1, -0.05) is 18.2 Å².